The number of rotatable bonds is 12. The molecule has 4 unspecified atom stereocenters. The fourth-order valence-corrected chi connectivity index (χ4v) is 14.7. The van der Waals surface area contributed by atoms with Gasteiger partial charge in [-0.3, -0.25) is 9.69 Å². The molecular weight excluding hydrogens is 636 g/mol. The highest BCUT2D eigenvalue weighted by Gasteiger charge is 2.86. The quantitative estimate of drug-likeness (QED) is 0.150. The lowest BCUT2D eigenvalue weighted by atomic mass is 9.41. The number of carboxylic acids is 1. The van der Waals surface area contributed by atoms with Gasteiger partial charge in [-0.1, -0.05) is 70.9 Å². The van der Waals surface area contributed by atoms with Gasteiger partial charge in [0, 0.05) is 64.3 Å². The molecule has 0 amide bonds. The van der Waals surface area contributed by atoms with Crippen LogP contribution in [0.25, 0.3) is 0 Å². The summed E-state index contributed by atoms with van der Waals surface area (Å²) in [5.74, 6) is 2.52. The fourth-order valence-electron chi connectivity index (χ4n) is 14.7. The third-order valence-corrected chi connectivity index (χ3v) is 16.8. The first-order valence-corrected chi connectivity index (χ1v) is 21.6. The average Bonchev–Trinajstić information content (AvgIpc) is 3.85. The number of nitrogens with zero attached hydrogens (tertiary/aromatic N) is 3. The van der Waals surface area contributed by atoms with E-state index in [2.05, 4.69) is 53.9 Å². The first-order chi connectivity index (χ1) is 24.6. The van der Waals surface area contributed by atoms with Gasteiger partial charge >= 0.3 is 5.97 Å². The maximum Gasteiger partial charge on any atom is 0.315 e. The highest BCUT2D eigenvalue weighted by Crippen LogP contribution is 2.84. The molecule has 8 nitrogen and oxygen atoms in total. The number of piperidine rings is 1. The normalized spacial score (nSPS) is 45.0. The summed E-state index contributed by atoms with van der Waals surface area (Å²) in [4.78, 5) is 35.7. The van der Waals surface area contributed by atoms with Crippen LogP contribution in [0.4, 0.5) is 0 Å². The van der Waals surface area contributed by atoms with E-state index in [4.69, 9.17) is 4.74 Å². The zero-order valence-electron chi connectivity index (χ0n) is 32.5. The number of allylic oxidation sites excluding steroid dienone is 1. The van der Waals surface area contributed by atoms with Crippen molar-refractivity contribution >= 4 is 12.3 Å². The molecule has 5 aliphatic carbocycles. The van der Waals surface area contributed by atoms with Crippen LogP contribution in [0.2, 0.25) is 0 Å². The standard InChI is InChI=1S/C43H70N4O4/c1-29(2)37-21-33-23-41(28-48)36-13-12-30(3)35(36)24-42(33,43(37,41)40(49)50)39-22-34(32-10-6-5-7-11-32)38(51-39)25-44-14-16-46-17-19-47(20-18-46)27-31-9-8-15-45(4)26-31/h21,28-36,38-39,44H,5-20,22-27H2,1-4H3,(H,49,50)/t30-,31?,33?,34+,35-,36-,38+,39-,41?,42?,43+/m1/s1. The number of carboxylic acid groups (broad SMARTS) is 1. The number of carbonyl (C=O) groups excluding carboxylic acids is 1. The molecule has 3 saturated heterocycles. The van der Waals surface area contributed by atoms with Crippen molar-refractivity contribution in [3.63, 3.8) is 0 Å². The molecule has 0 spiro atoms. The summed E-state index contributed by atoms with van der Waals surface area (Å²) in [5.41, 5.74) is -1.46. The number of fused-ring (bicyclic) bond motifs is 2. The van der Waals surface area contributed by atoms with Gasteiger partial charge in [0.2, 0.25) is 0 Å². The lowest BCUT2D eigenvalue weighted by Gasteiger charge is -2.60. The molecule has 8 aliphatic rings. The zero-order valence-corrected chi connectivity index (χ0v) is 32.5. The first-order valence-electron chi connectivity index (χ1n) is 21.6. The van der Waals surface area contributed by atoms with E-state index >= 15 is 0 Å². The van der Waals surface area contributed by atoms with Crippen LogP contribution in [-0.4, -0.2) is 117 Å². The predicted octanol–water partition coefficient (Wildman–Crippen LogP) is 5.81. The van der Waals surface area contributed by atoms with Crippen molar-refractivity contribution in [3.8, 4) is 0 Å². The van der Waals surface area contributed by atoms with Gasteiger partial charge in [-0.15, -0.1) is 0 Å². The zero-order chi connectivity index (χ0) is 35.5. The van der Waals surface area contributed by atoms with E-state index < -0.39 is 22.2 Å². The highest BCUT2D eigenvalue weighted by molar-refractivity contribution is 5.90. The van der Waals surface area contributed by atoms with Crippen LogP contribution in [0.3, 0.4) is 0 Å². The molecule has 51 heavy (non-hydrogen) atoms. The number of aldehydes is 1. The highest BCUT2D eigenvalue weighted by atomic mass is 16.5. The Kier molecular flexibility index (Phi) is 10.3. The molecule has 0 aromatic rings. The molecule has 0 aromatic carbocycles. The lowest BCUT2D eigenvalue weighted by molar-refractivity contribution is -0.197. The molecule has 0 radical (unpaired) electrons. The van der Waals surface area contributed by atoms with Crippen molar-refractivity contribution in [2.45, 2.75) is 110 Å². The van der Waals surface area contributed by atoms with Crippen LogP contribution in [-0.2, 0) is 14.3 Å². The number of carbonyl (C=O) groups is 2. The molecule has 8 heteroatoms. The number of hydrogen-bond donors (Lipinski definition) is 2. The van der Waals surface area contributed by atoms with Crippen LogP contribution in [0.5, 0.6) is 0 Å². The molecule has 3 aliphatic heterocycles. The van der Waals surface area contributed by atoms with Crippen molar-refractivity contribution in [1.82, 2.24) is 20.0 Å². The molecule has 0 aromatic heterocycles. The minimum absolute atomic E-state index is 0.101. The fraction of sp³-hybridized carbons (Fsp3) is 0.907. The van der Waals surface area contributed by atoms with E-state index in [0.29, 0.717) is 30.1 Å². The molecular formula is C43H70N4O4. The van der Waals surface area contributed by atoms with Gasteiger partial charge in [0.1, 0.15) is 11.7 Å². The average molecular weight is 707 g/mol. The van der Waals surface area contributed by atoms with Crippen molar-refractivity contribution in [2.24, 2.45) is 63.6 Å². The molecule has 8 rings (SSSR count). The van der Waals surface area contributed by atoms with Crippen LogP contribution in [0.1, 0.15) is 97.8 Å². The Morgan fingerprint density at radius 2 is 1.76 bits per heavy atom. The molecule has 286 valence electrons. The minimum atomic E-state index is -1.15. The predicted molar refractivity (Wildman–Crippen MR) is 201 cm³/mol. The largest absolute Gasteiger partial charge is 0.481 e. The summed E-state index contributed by atoms with van der Waals surface area (Å²) < 4.78 is 7.43. The van der Waals surface area contributed by atoms with Crippen LogP contribution in [0, 0.1) is 63.6 Å². The Morgan fingerprint density at radius 1 is 1.00 bits per heavy atom. The van der Waals surface area contributed by atoms with E-state index in [1.807, 2.05) is 0 Å². The van der Waals surface area contributed by atoms with Gasteiger partial charge in [-0.25, -0.2) is 0 Å². The minimum Gasteiger partial charge on any atom is -0.481 e. The van der Waals surface area contributed by atoms with E-state index in [9.17, 15) is 14.7 Å². The monoisotopic (exact) mass is 707 g/mol. The van der Waals surface area contributed by atoms with Gasteiger partial charge in [-0.2, -0.15) is 0 Å². The van der Waals surface area contributed by atoms with Gasteiger partial charge in [-0.05, 0) is 99.5 Å². The summed E-state index contributed by atoms with van der Waals surface area (Å²) in [7, 11) is 2.27. The van der Waals surface area contributed by atoms with E-state index in [0.717, 1.165) is 69.9 Å². The number of likely N-dealkylation sites (tertiary alicyclic amines) is 1. The second-order valence-corrected chi connectivity index (χ2v) is 19.4. The second-order valence-electron chi connectivity index (χ2n) is 19.4. The Hall–Kier alpha value is -1.32. The second kappa shape index (κ2) is 14.4. The smallest absolute Gasteiger partial charge is 0.315 e. The molecule has 4 bridgehead atoms. The van der Waals surface area contributed by atoms with Gasteiger partial charge in [0.05, 0.1) is 17.6 Å². The number of hydrogen-bond acceptors (Lipinski definition) is 7. The van der Waals surface area contributed by atoms with Gasteiger partial charge in [0.15, 0.2) is 0 Å². The Labute approximate surface area is 308 Å². The summed E-state index contributed by atoms with van der Waals surface area (Å²) in [6, 6.07) is 0. The maximum absolute atomic E-state index is 14.2. The van der Waals surface area contributed by atoms with E-state index in [-0.39, 0.29) is 30.0 Å². The summed E-state index contributed by atoms with van der Waals surface area (Å²) >= 11 is 0. The molecule has 3 heterocycles. The summed E-state index contributed by atoms with van der Waals surface area (Å²) in [5, 5.41) is 15.5. The number of nitrogens with one attached hydrogen (secondary N) is 1. The molecule has 4 saturated carbocycles. The Bertz CT molecular complexity index is 1310. The van der Waals surface area contributed by atoms with Crippen LogP contribution < -0.4 is 5.32 Å². The Balaban J connectivity index is 0.976. The lowest BCUT2D eigenvalue weighted by Crippen LogP contribution is -2.65. The first kappa shape index (κ1) is 36.6. The summed E-state index contributed by atoms with van der Waals surface area (Å²) in [6.07, 6.45) is 17.4. The van der Waals surface area contributed by atoms with Crippen molar-refractivity contribution in [2.75, 3.05) is 72.5 Å². The van der Waals surface area contributed by atoms with Crippen molar-refractivity contribution in [3.05, 3.63) is 11.6 Å². The van der Waals surface area contributed by atoms with Crippen LogP contribution in [0.15, 0.2) is 11.6 Å². The van der Waals surface area contributed by atoms with E-state index in [1.165, 1.54) is 84.0 Å². The number of piperazine rings is 1. The van der Waals surface area contributed by atoms with Gasteiger partial charge in [0.25, 0.3) is 0 Å². The molecule has 2 N–H and O–H groups in total. The maximum atomic E-state index is 14.2. The van der Waals surface area contributed by atoms with Crippen molar-refractivity contribution < 1.29 is 19.4 Å². The topological polar surface area (TPSA) is 85.4 Å². The Morgan fingerprint density at radius 3 is 2.47 bits per heavy atom. The summed E-state index contributed by atoms with van der Waals surface area (Å²) in [6.45, 7) is 18.0. The van der Waals surface area contributed by atoms with E-state index in [1.54, 1.807) is 0 Å². The van der Waals surface area contributed by atoms with Crippen molar-refractivity contribution in [1.29, 1.82) is 0 Å². The van der Waals surface area contributed by atoms with Gasteiger partial charge < -0.3 is 29.8 Å². The van der Waals surface area contributed by atoms with Crippen LogP contribution >= 0.6 is 0 Å². The SMILES string of the molecule is CC(C)C1=CC2CC3(C=O)[C@@H]4CC[C@@H](C)[C@H]4CC2([C@H]2C[C@@H](C4CCCCC4)[C@H](CNCCN4CCN(CC5CCCN(C)C5)CC4)O2)[C@]13C(=O)O. The third-order valence-electron chi connectivity index (χ3n) is 16.8. The molecule has 11 atom stereocenters. The number of aliphatic carboxylic acids is 1. The third kappa shape index (κ3) is 5.76. The molecule has 7 fully saturated rings. The number of ether oxygens (including phenoxy) is 1.